The van der Waals surface area contributed by atoms with Crippen LogP contribution in [0.15, 0.2) is 47.1 Å². The van der Waals surface area contributed by atoms with Crippen molar-refractivity contribution in [1.29, 1.82) is 0 Å². The Balaban J connectivity index is 1.57. The van der Waals surface area contributed by atoms with Gasteiger partial charge in [-0.1, -0.05) is 24.3 Å². The highest BCUT2D eigenvalue weighted by Crippen LogP contribution is 2.26. The third-order valence-corrected chi connectivity index (χ3v) is 4.89. The van der Waals surface area contributed by atoms with Gasteiger partial charge in [0.1, 0.15) is 17.9 Å². The summed E-state index contributed by atoms with van der Waals surface area (Å²) in [6.45, 7) is 6.06. The number of amides is 1. The Kier molecular flexibility index (Phi) is 6.37. The van der Waals surface area contributed by atoms with Gasteiger partial charge in [0.25, 0.3) is 0 Å². The first-order valence-corrected chi connectivity index (χ1v) is 9.53. The fraction of sp³-hybridized carbons (Fsp3) is 0.348. The molecule has 0 bridgehead atoms. The lowest BCUT2D eigenvalue weighted by Crippen LogP contribution is -2.24. The van der Waals surface area contributed by atoms with Gasteiger partial charge in [-0.2, -0.15) is 0 Å². The lowest BCUT2D eigenvalue weighted by Gasteiger charge is -2.12. The lowest BCUT2D eigenvalue weighted by molar-refractivity contribution is -0.120. The monoisotopic (exact) mass is 380 g/mol. The third-order valence-electron chi connectivity index (χ3n) is 4.89. The zero-order chi connectivity index (χ0) is 20.1. The van der Waals surface area contributed by atoms with Crippen LogP contribution in [0.3, 0.4) is 0 Å². The highest BCUT2D eigenvalue weighted by Gasteiger charge is 2.12. The first-order chi connectivity index (χ1) is 13.4. The highest BCUT2D eigenvalue weighted by atomic mass is 16.5. The van der Waals surface area contributed by atoms with Gasteiger partial charge in [-0.05, 0) is 56.8 Å². The average Bonchev–Trinajstić information content (AvgIpc) is 3.06. The number of benzene rings is 2. The maximum atomic E-state index is 12.4. The molecule has 0 atom stereocenters. The van der Waals surface area contributed by atoms with Crippen molar-refractivity contribution in [3.8, 4) is 5.75 Å². The Hall–Kier alpha value is -2.79. The normalized spacial score (nSPS) is 11.2. The summed E-state index contributed by atoms with van der Waals surface area (Å²) in [6.07, 6.45) is 1.99. The number of nitrogens with zero attached hydrogens (tertiary/aromatic N) is 1. The summed E-state index contributed by atoms with van der Waals surface area (Å²) in [5.41, 5.74) is 5.10. The van der Waals surface area contributed by atoms with Gasteiger partial charge in [-0.3, -0.25) is 4.79 Å². The summed E-state index contributed by atoms with van der Waals surface area (Å²) < 4.78 is 11.4. The van der Waals surface area contributed by atoms with E-state index in [9.17, 15) is 4.79 Å². The van der Waals surface area contributed by atoms with Crippen molar-refractivity contribution in [3.05, 3.63) is 64.9 Å². The molecule has 0 unspecified atom stereocenters. The number of nitrogens with one attached hydrogen (secondary N) is 1. The number of carbonyl (C=O) groups is 1. The number of hydrogen-bond acceptors (Lipinski definition) is 4. The zero-order valence-electron chi connectivity index (χ0n) is 17.0. The summed E-state index contributed by atoms with van der Waals surface area (Å²) in [6, 6.07) is 11.9. The fourth-order valence-corrected chi connectivity index (χ4v) is 3.05. The Morgan fingerprint density at radius 3 is 2.79 bits per heavy atom. The second-order valence-corrected chi connectivity index (χ2v) is 7.40. The van der Waals surface area contributed by atoms with Gasteiger partial charge < -0.3 is 19.4 Å². The quantitative estimate of drug-likeness (QED) is 0.645. The lowest BCUT2D eigenvalue weighted by atomic mass is 10.0. The Labute approximate surface area is 166 Å². The smallest absolute Gasteiger partial charge is 0.224 e. The molecule has 0 aliphatic carbocycles. The molecule has 0 saturated carbocycles. The Morgan fingerprint density at radius 1 is 1.18 bits per heavy atom. The fourth-order valence-electron chi connectivity index (χ4n) is 3.05. The van der Waals surface area contributed by atoms with Crippen molar-refractivity contribution >= 4 is 16.9 Å². The van der Waals surface area contributed by atoms with E-state index < -0.39 is 0 Å². The maximum Gasteiger partial charge on any atom is 0.224 e. The zero-order valence-corrected chi connectivity index (χ0v) is 17.0. The van der Waals surface area contributed by atoms with Crippen LogP contribution < -0.4 is 10.1 Å². The van der Waals surface area contributed by atoms with E-state index in [-0.39, 0.29) is 5.91 Å². The summed E-state index contributed by atoms with van der Waals surface area (Å²) in [7, 11) is 4.03. The molecule has 5 nitrogen and oxygen atoms in total. The second kappa shape index (κ2) is 8.93. The van der Waals surface area contributed by atoms with E-state index in [0.717, 1.165) is 40.0 Å². The van der Waals surface area contributed by atoms with Crippen LogP contribution in [0.25, 0.3) is 11.0 Å². The first kappa shape index (κ1) is 20.0. The van der Waals surface area contributed by atoms with E-state index in [1.54, 1.807) is 6.26 Å². The van der Waals surface area contributed by atoms with Crippen LogP contribution in [-0.2, 0) is 17.8 Å². The molecule has 1 N–H and O–H groups in total. The molecule has 3 aromatic rings. The number of rotatable bonds is 8. The minimum Gasteiger partial charge on any atom is -0.492 e. The minimum atomic E-state index is -0.0279. The number of aryl methyl sites for hydroxylation is 2. The molecular formula is C23H28N2O3. The standard InChI is InChI=1S/C23H28N2O3/c1-16-8-9-21-19(15-28-23(21)17(16)2)13-22(26)24-14-18-6-5-7-20(12-18)27-11-10-25(3)4/h5-9,12,15H,10-11,13-14H2,1-4H3,(H,24,26). The number of hydrogen-bond donors (Lipinski definition) is 1. The number of carbonyl (C=O) groups excluding carboxylic acids is 1. The number of furan rings is 1. The minimum absolute atomic E-state index is 0.0279. The molecule has 0 saturated heterocycles. The molecule has 0 aliphatic heterocycles. The number of ether oxygens (including phenoxy) is 1. The molecule has 148 valence electrons. The summed E-state index contributed by atoms with van der Waals surface area (Å²) in [5, 5.41) is 3.99. The predicted octanol–water partition coefficient (Wildman–Crippen LogP) is 3.85. The molecular weight excluding hydrogens is 352 g/mol. The van der Waals surface area contributed by atoms with E-state index in [2.05, 4.69) is 23.2 Å². The van der Waals surface area contributed by atoms with E-state index in [0.29, 0.717) is 19.6 Å². The van der Waals surface area contributed by atoms with Crippen molar-refractivity contribution in [1.82, 2.24) is 10.2 Å². The van der Waals surface area contributed by atoms with Gasteiger partial charge in [0.05, 0.1) is 12.7 Å². The van der Waals surface area contributed by atoms with Crippen molar-refractivity contribution < 1.29 is 13.9 Å². The Bertz CT molecular complexity index is 960. The van der Waals surface area contributed by atoms with Crippen LogP contribution in [-0.4, -0.2) is 38.1 Å². The highest BCUT2D eigenvalue weighted by molar-refractivity contribution is 5.89. The second-order valence-electron chi connectivity index (χ2n) is 7.40. The summed E-state index contributed by atoms with van der Waals surface area (Å²) in [4.78, 5) is 14.5. The molecule has 0 radical (unpaired) electrons. The van der Waals surface area contributed by atoms with Gasteiger partial charge in [0.15, 0.2) is 0 Å². The Morgan fingerprint density at radius 2 is 2.00 bits per heavy atom. The van der Waals surface area contributed by atoms with Crippen LogP contribution in [0, 0.1) is 13.8 Å². The third kappa shape index (κ3) is 4.93. The van der Waals surface area contributed by atoms with Gasteiger partial charge in [0.2, 0.25) is 5.91 Å². The van der Waals surface area contributed by atoms with Gasteiger partial charge in [0, 0.05) is 24.0 Å². The van der Waals surface area contributed by atoms with Gasteiger partial charge in [-0.15, -0.1) is 0 Å². The van der Waals surface area contributed by atoms with Crippen molar-refractivity contribution in [2.45, 2.75) is 26.8 Å². The molecule has 3 rings (SSSR count). The van der Waals surface area contributed by atoms with Crippen molar-refractivity contribution in [2.24, 2.45) is 0 Å². The van der Waals surface area contributed by atoms with Crippen LogP contribution in [0.5, 0.6) is 5.75 Å². The average molecular weight is 380 g/mol. The van der Waals surface area contributed by atoms with Crippen LogP contribution >= 0.6 is 0 Å². The van der Waals surface area contributed by atoms with E-state index in [1.165, 1.54) is 5.56 Å². The molecule has 2 aromatic carbocycles. The first-order valence-electron chi connectivity index (χ1n) is 9.53. The van der Waals surface area contributed by atoms with E-state index in [1.807, 2.05) is 51.4 Å². The van der Waals surface area contributed by atoms with Crippen molar-refractivity contribution in [3.63, 3.8) is 0 Å². The molecule has 0 aliphatic rings. The molecule has 0 spiro atoms. The predicted molar refractivity (Wildman–Crippen MR) is 112 cm³/mol. The largest absolute Gasteiger partial charge is 0.492 e. The topological polar surface area (TPSA) is 54.7 Å². The maximum absolute atomic E-state index is 12.4. The van der Waals surface area contributed by atoms with E-state index >= 15 is 0 Å². The summed E-state index contributed by atoms with van der Waals surface area (Å²) in [5.74, 6) is 0.792. The molecule has 0 fully saturated rings. The molecule has 1 heterocycles. The van der Waals surface area contributed by atoms with E-state index in [4.69, 9.17) is 9.15 Å². The van der Waals surface area contributed by atoms with Crippen LogP contribution in [0.2, 0.25) is 0 Å². The van der Waals surface area contributed by atoms with Crippen LogP contribution in [0.4, 0.5) is 0 Å². The van der Waals surface area contributed by atoms with Crippen molar-refractivity contribution in [2.75, 3.05) is 27.2 Å². The molecule has 28 heavy (non-hydrogen) atoms. The number of fused-ring (bicyclic) bond motifs is 1. The molecule has 5 heteroatoms. The SMILES string of the molecule is Cc1ccc2c(CC(=O)NCc3cccc(OCCN(C)C)c3)coc2c1C. The molecule has 1 amide bonds. The van der Waals surface area contributed by atoms with Gasteiger partial charge in [-0.25, -0.2) is 0 Å². The molecule has 1 aromatic heterocycles. The van der Waals surface area contributed by atoms with Gasteiger partial charge >= 0.3 is 0 Å². The number of likely N-dealkylation sites (N-methyl/N-ethyl adjacent to an activating group) is 1. The summed E-state index contributed by atoms with van der Waals surface area (Å²) >= 11 is 0. The van der Waals surface area contributed by atoms with Crippen LogP contribution in [0.1, 0.15) is 22.3 Å².